The maximum Gasteiger partial charge on any atom is 0.137 e. The largest absolute Gasteiger partial charge is 0.365 e. The summed E-state index contributed by atoms with van der Waals surface area (Å²) >= 11 is 6.21. The summed E-state index contributed by atoms with van der Waals surface area (Å²) in [6, 6.07) is 4.42. The van der Waals surface area contributed by atoms with Crippen molar-refractivity contribution in [3.8, 4) is 0 Å². The van der Waals surface area contributed by atoms with Crippen LogP contribution in [0.25, 0.3) is 0 Å². The van der Waals surface area contributed by atoms with Crippen LogP contribution >= 0.6 is 11.6 Å². The van der Waals surface area contributed by atoms with Crippen LogP contribution in [0.3, 0.4) is 0 Å². The Hall–Kier alpha value is -1.46. The smallest absolute Gasteiger partial charge is 0.137 e. The van der Waals surface area contributed by atoms with Crippen molar-refractivity contribution in [3.05, 3.63) is 47.3 Å². The molecule has 1 fully saturated rings. The monoisotopic (exact) mass is 295 g/mol. The second-order valence-electron chi connectivity index (χ2n) is 5.22. The van der Waals surface area contributed by atoms with E-state index in [1.807, 2.05) is 6.92 Å². The van der Waals surface area contributed by atoms with Gasteiger partial charge in [0.2, 0.25) is 0 Å². The van der Waals surface area contributed by atoms with Crippen LogP contribution < -0.4 is 0 Å². The SMILES string of the molecule is C[C@@H]1O[C@@](Cn2cncn2)(c2ccc(F)cc2Cl)[C@H]1C. The highest BCUT2D eigenvalue weighted by molar-refractivity contribution is 6.31. The van der Waals surface area contributed by atoms with Crippen molar-refractivity contribution in [1.82, 2.24) is 14.8 Å². The minimum Gasteiger partial charge on any atom is -0.365 e. The Morgan fingerprint density at radius 3 is 2.80 bits per heavy atom. The average molecular weight is 296 g/mol. The lowest BCUT2D eigenvalue weighted by Gasteiger charge is -2.53. The zero-order chi connectivity index (χ0) is 14.3. The summed E-state index contributed by atoms with van der Waals surface area (Å²) in [6.07, 6.45) is 3.24. The molecule has 0 spiro atoms. The van der Waals surface area contributed by atoms with Crippen LogP contribution in [-0.2, 0) is 16.9 Å². The minimum atomic E-state index is -0.585. The van der Waals surface area contributed by atoms with Gasteiger partial charge in [0.1, 0.15) is 24.1 Å². The van der Waals surface area contributed by atoms with Gasteiger partial charge in [-0.05, 0) is 19.1 Å². The normalized spacial score (nSPS) is 29.2. The third-order valence-corrected chi connectivity index (χ3v) is 4.40. The highest BCUT2D eigenvalue weighted by Gasteiger charge is 2.53. The van der Waals surface area contributed by atoms with E-state index >= 15 is 0 Å². The molecule has 0 saturated carbocycles. The molecule has 1 aromatic carbocycles. The molecule has 3 rings (SSSR count). The van der Waals surface area contributed by atoms with Crippen LogP contribution in [0.5, 0.6) is 0 Å². The van der Waals surface area contributed by atoms with Gasteiger partial charge in [-0.2, -0.15) is 5.10 Å². The fraction of sp³-hybridized carbons (Fsp3) is 0.429. The molecule has 0 N–H and O–H groups in total. The second kappa shape index (κ2) is 4.82. The van der Waals surface area contributed by atoms with Gasteiger partial charge in [0.25, 0.3) is 0 Å². The fourth-order valence-corrected chi connectivity index (χ4v) is 3.14. The van der Waals surface area contributed by atoms with Crippen LogP contribution in [0.1, 0.15) is 19.4 Å². The standard InChI is InChI=1S/C14H15ClFN3O/c1-9-10(2)20-14(9,6-19-8-17-7-18-19)12-4-3-11(16)5-13(12)15/h3-5,7-10H,6H2,1-2H3/t9-,10-,14+/m0/s1. The predicted molar refractivity (Wildman–Crippen MR) is 72.8 cm³/mol. The lowest BCUT2D eigenvalue weighted by molar-refractivity contribution is -0.263. The molecule has 2 heterocycles. The Morgan fingerprint density at radius 1 is 1.45 bits per heavy atom. The van der Waals surface area contributed by atoms with E-state index in [4.69, 9.17) is 16.3 Å². The van der Waals surface area contributed by atoms with Crippen LogP contribution in [0, 0.1) is 11.7 Å². The number of rotatable bonds is 3. The zero-order valence-corrected chi connectivity index (χ0v) is 12.0. The molecule has 0 aliphatic carbocycles. The molecule has 0 amide bonds. The summed E-state index contributed by atoms with van der Waals surface area (Å²) in [5.74, 6) is -0.107. The van der Waals surface area contributed by atoms with Crippen LogP contribution in [0.15, 0.2) is 30.9 Å². The highest BCUT2D eigenvalue weighted by atomic mass is 35.5. The van der Waals surface area contributed by atoms with Crippen molar-refractivity contribution in [2.24, 2.45) is 5.92 Å². The summed E-state index contributed by atoms with van der Waals surface area (Å²) in [5.41, 5.74) is 0.208. The molecule has 0 unspecified atom stereocenters. The quantitative estimate of drug-likeness (QED) is 0.874. The van der Waals surface area contributed by atoms with Crippen LogP contribution in [-0.4, -0.2) is 20.9 Å². The molecule has 3 atom stereocenters. The number of benzene rings is 1. The van der Waals surface area contributed by atoms with Gasteiger partial charge in [-0.3, -0.25) is 0 Å². The van der Waals surface area contributed by atoms with E-state index in [-0.39, 0.29) is 17.8 Å². The first-order valence-corrected chi connectivity index (χ1v) is 6.86. The van der Waals surface area contributed by atoms with Gasteiger partial charge < -0.3 is 4.74 Å². The molecular formula is C14H15ClFN3O. The van der Waals surface area contributed by atoms with E-state index in [0.717, 1.165) is 5.56 Å². The van der Waals surface area contributed by atoms with Crippen molar-refractivity contribution in [2.75, 3.05) is 0 Å². The summed E-state index contributed by atoms with van der Waals surface area (Å²) in [4.78, 5) is 3.94. The van der Waals surface area contributed by atoms with Gasteiger partial charge in [-0.1, -0.05) is 24.6 Å². The lowest BCUT2D eigenvalue weighted by Crippen LogP contribution is -2.57. The van der Waals surface area contributed by atoms with Gasteiger partial charge in [0.15, 0.2) is 0 Å². The molecule has 1 aromatic heterocycles. The van der Waals surface area contributed by atoms with Crippen LogP contribution in [0.2, 0.25) is 5.02 Å². The molecule has 6 heteroatoms. The summed E-state index contributed by atoms with van der Waals surface area (Å²) in [6.45, 7) is 4.62. The van der Waals surface area contributed by atoms with Gasteiger partial charge in [0, 0.05) is 16.5 Å². The predicted octanol–water partition coefficient (Wildman–Crippen LogP) is 3.02. The van der Waals surface area contributed by atoms with Crippen LogP contribution in [0.4, 0.5) is 4.39 Å². The lowest BCUT2D eigenvalue weighted by atomic mass is 9.73. The topological polar surface area (TPSA) is 39.9 Å². The Kier molecular flexibility index (Phi) is 3.26. The fourth-order valence-electron chi connectivity index (χ4n) is 2.81. The first kappa shape index (κ1) is 13.5. The van der Waals surface area contributed by atoms with E-state index in [0.29, 0.717) is 11.6 Å². The van der Waals surface area contributed by atoms with E-state index < -0.39 is 5.60 Å². The molecule has 0 radical (unpaired) electrons. The molecular weight excluding hydrogens is 281 g/mol. The van der Waals surface area contributed by atoms with Crippen molar-refractivity contribution in [3.63, 3.8) is 0 Å². The Labute approximate surface area is 121 Å². The van der Waals surface area contributed by atoms with Gasteiger partial charge in [-0.25, -0.2) is 14.1 Å². The third-order valence-electron chi connectivity index (χ3n) is 4.09. The van der Waals surface area contributed by atoms with E-state index in [2.05, 4.69) is 17.0 Å². The molecule has 20 heavy (non-hydrogen) atoms. The molecule has 106 valence electrons. The molecule has 1 saturated heterocycles. The summed E-state index contributed by atoms with van der Waals surface area (Å²) < 4.78 is 21.0. The first-order valence-electron chi connectivity index (χ1n) is 6.49. The zero-order valence-electron chi connectivity index (χ0n) is 11.3. The van der Waals surface area contributed by atoms with E-state index in [9.17, 15) is 4.39 Å². The number of nitrogens with zero attached hydrogens (tertiary/aromatic N) is 3. The number of halogens is 2. The van der Waals surface area contributed by atoms with Gasteiger partial charge in [-0.15, -0.1) is 0 Å². The Bertz CT molecular complexity index is 619. The van der Waals surface area contributed by atoms with Crippen molar-refractivity contribution >= 4 is 11.6 Å². The number of hydrogen-bond donors (Lipinski definition) is 0. The molecule has 2 aromatic rings. The highest BCUT2D eigenvalue weighted by Crippen LogP contribution is 2.50. The maximum atomic E-state index is 13.3. The summed E-state index contributed by atoms with van der Waals surface area (Å²) in [7, 11) is 0. The van der Waals surface area contributed by atoms with Crippen molar-refractivity contribution in [1.29, 1.82) is 0 Å². The first-order chi connectivity index (χ1) is 9.53. The number of hydrogen-bond acceptors (Lipinski definition) is 3. The van der Waals surface area contributed by atoms with Gasteiger partial charge >= 0.3 is 0 Å². The molecule has 4 nitrogen and oxygen atoms in total. The minimum absolute atomic E-state index is 0.125. The summed E-state index contributed by atoms with van der Waals surface area (Å²) in [5, 5.41) is 4.50. The molecule has 1 aliphatic rings. The van der Waals surface area contributed by atoms with E-state index in [1.165, 1.54) is 18.5 Å². The maximum absolute atomic E-state index is 13.3. The van der Waals surface area contributed by atoms with Crippen molar-refractivity contribution < 1.29 is 9.13 Å². The number of ether oxygens (including phenoxy) is 1. The third kappa shape index (κ3) is 2.01. The molecule has 0 bridgehead atoms. The second-order valence-corrected chi connectivity index (χ2v) is 5.63. The Balaban J connectivity index is 2.02. The van der Waals surface area contributed by atoms with Gasteiger partial charge in [0.05, 0.1) is 12.6 Å². The molecule has 1 aliphatic heterocycles. The Morgan fingerprint density at radius 2 is 2.25 bits per heavy atom. The average Bonchev–Trinajstić information content (AvgIpc) is 2.90. The van der Waals surface area contributed by atoms with E-state index in [1.54, 1.807) is 17.1 Å². The van der Waals surface area contributed by atoms with Crippen molar-refractivity contribution in [2.45, 2.75) is 32.1 Å². The number of aromatic nitrogens is 3.